The Bertz CT molecular complexity index is 339. The van der Waals surface area contributed by atoms with Gasteiger partial charge in [0, 0.05) is 10.0 Å². The minimum atomic E-state index is -0.586. The van der Waals surface area contributed by atoms with Gasteiger partial charge in [-0.3, -0.25) is 0 Å². The van der Waals surface area contributed by atoms with E-state index >= 15 is 0 Å². The van der Waals surface area contributed by atoms with E-state index in [4.69, 9.17) is 15.6 Å². The van der Waals surface area contributed by atoms with E-state index in [1.807, 2.05) is 25.1 Å². The molecule has 0 saturated heterocycles. The van der Waals surface area contributed by atoms with E-state index in [1.165, 1.54) is 0 Å². The molecule has 0 aliphatic carbocycles. The van der Waals surface area contributed by atoms with E-state index in [0.717, 1.165) is 15.8 Å². The highest BCUT2D eigenvalue weighted by molar-refractivity contribution is 9.10. The summed E-state index contributed by atoms with van der Waals surface area (Å²) in [5.74, 6) is 0.799. The summed E-state index contributed by atoms with van der Waals surface area (Å²) in [6.07, 6.45) is 0.619. The van der Waals surface area contributed by atoms with Crippen LogP contribution in [0.25, 0.3) is 0 Å². The Morgan fingerprint density at radius 3 is 2.67 bits per heavy atom. The number of hydrogen-bond acceptors (Lipinski definition) is 3. The molecule has 0 spiro atoms. The molecule has 0 radical (unpaired) electrons. The molecule has 0 heterocycles. The lowest BCUT2D eigenvalue weighted by Crippen LogP contribution is -2.42. The molecule has 1 atom stereocenters. The maximum absolute atomic E-state index is 9.08. The van der Waals surface area contributed by atoms with Crippen LogP contribution in [0.2, 0.25) is 0 Å². The number of nitrogens with two attached hydrogens (primary N) is 1. The van der Waals surface area contributed by atoms with Gasteiger partial charge in [0.2, 0.25) is 0 Å². The van der Waals surface area contributed by atoms with Gasteiger partial charge in [-0.1, -0.05) is 22.0 Å². The first kappa shape index (κ1) is 12.5. The van der Waals surface area contributed by atoms with Gasteiger partial charge >= 0.3 is 0 Å². The van der Waals surface area contributed by atoms with Crippen LogP contribution in [0.3, 0.4) is 0 Å². The normalized spacial score (nSPS) is 14.7. The van der Waals surface area contributed by atoms with Crippen molar-refractivity contribution in [2.24, 2.45) is 5.73 Å². The monoisotopic (exact) mass is 273 g/mol. The zero-order valence-corrected chi connectivity index (χ0v) is 10.5. The molecule has 15 heavy (non-hydrogen) atoms. The first-order chi connectivity index (χ1) is 6.98. The van der Waals surface area contributed by atoms with Crippen LogP contribution in [-0.4, -0.2) is 24.4 Å². The molecule has 3 N–H and O–H groups in total. The maximum atomic E-state index is 9.08. The Morgan fingerprint density at radius 1 is 1.53 bits per heavy atom. The number of methoxy groups -OCH3 is 1. The predicted molar refractivity (Wildman–Crippen MR) is 64.1 cm³/mol. The molecule has 1 unspecified atom stereocenters. The summed E-state index contributed by atoms with van der Waals surface area (Å²) in [5.41, 5.74) is 6.36. The van der Waals surface area contributed by atoms with Crippen molar-refractivity contribution in [3.8, 4) is 5.75 Å². The van der Waals surface area contributed by atoms with Crippen molar-refractivity contribution in [2.45, 2.75) is 18.9 Å². The molecule has 1 rings (SSSR count). The smallest absolute Gasteiger partial charge is 0.120 e. The summed E-state index contributed by atoms with van der Waals surface area (Å²) in [6, 6.07) is 5.72. The van der Waals surface area contributed by atoms with E-state index in [9.17, 15) is 0 Å². The fourth-order valence-corrected chi connectivity index (χ4v) is 1.79. The summed E-state index contributed by atoms with van der Waals surface area (Å²) in [5, 5.41) is 9.08. The number of aliphatic hydroxyl groups excluding tert-OH is 1. The van der Waals surface area contributed by atoms with Crippen LogP contribution in [0.1, 0.15) is 12.5 Å². The predicted octanol–water partition coefficient (Wildman–Crippen LogP) is 1.71. The van der Waals surface area contributed by atoms with Crippen molar-refractivity contribution in [3.63, 3.8) is 0 Å². The van der Waals surface area contributed by atoms with Crippen molar-refractivity contribution in [1.29, 1.82) is 0 Å². The van der Waals surface area contributed by atoms with Crippen molar-refractivity contribution in [2.75, 3.05) is 13.7 Å². The Labute approximate surface area is 98.4 Å². The van der Waals surface area contributed by atoms with Gasteiger partial charge in [0.15, 0.2) is 0 Å². The van der Waals surface area contributed by atoms with Gasteiger partial charge in [-0.2, -0.15) is 0 Å². The lowest BCUT2D eigenvalue weighted by atomic mass is 9.95. The Hall–Kier alpha value is -0.580. The highest BCUT2D eigenvalue weighted by Gasteiger charge is 2.19. The van der Waals surface area contributed by atoms with Crippen molar-refractivity contribution < 1.29 is 9.84 Å². The van der Waals surface area contributed by atoms with Crippen LogP contribution >= 0.6 is 15.9 Å². The first-order valence-electron chi connectivity index (χ1n) is 4.70. The number of aliphatic hydroxyl groups is 1. The molecular weight excluding hydrogens is 258 g/mol. The molecule has 0 amide bonds. The fraction of sp³-hybridized carbons (Fsp3) is 0.455. The molecule has 3 nitrogen and oxygen atoms in total. The summed E-state index contributed by atoms with van der Waals surface area (Å²) >= 11 is 3.45. The van der Waals surface area contributed by atoms with Gasteiger partial charge < -0.3 is 15.6 Å². The van der Waals surface area contributed by atoms with Crippen LogP contribution in [0.5, 0.6) is 5.75 Å². The van der Waals surface area contributed by atoms with Gasteiger partial charge in [-0.05, 0) is 31.0 Å². The third-order valence-electron chi connectivity index (χ3n) is 2.22. The van der Waals surface area contributed by atoms with E-state index in [1.54, 1.807) is 7.11 Å². The summed E-state index contributed by atoms with van der Waals surface area (Å²) in [6.45, 7) is 1.79. The zero-order chi connectivity index (χ0) is 11.5. The van der Waals surface area contributed by atoms with Gasteiger partial charge in [0.05, 0.1) is 13.7 Å². The third kappa shape index (κ3) is 3.48. The molecule has 84 valence electrons. The second-order valence-electron chi connectivity index (χ2n) is 3.95. The van der Waals surface area contributed by atoms with Gasteiger partial charge in [0.25, 0.3) is 0 Å². The van der Waals surface area contributed by atoms with Crippen LogP contribution in [0.4, 0.5) is 0 Å². The average Bonchev–Trinajstić information content (AvgIpc) is 2.21. The number of benzene rings is 1. The molecular formula is C11H16BrNO2. The molecule has 0 aromatic heterocycles. The lowest BCUT2D eigenvalue weighted by molar-refractivity contribution is 0.208. The number of ether oxygens (including phenoxy) is 1. The average molecular weight is 274 g/mol. The van der Waals surface area contributed by atoms with E-state index in [-0.39, 0.29) is 6.61 Å². The minimum Gasteiger partial charge on any atom is -0.497 e. The van der Waals surface area contributed by atoms with Crippen LogP contribution in [-0.2, 0) is 6.42 Å². The molecule has 0 aliphatic rings. The van der Waals surface area contributed by atoms with E-state index < -0.39 is 5.54 Å². The molecule has 0 fully saturated rings. The second-order valence-corrected chi connectivity index (χ2v) is 4.80. The SMILES string of the molecule is COc1ccc(CC(C)(N)CO)c(Br)c1. The molecule has 1 aromatic rings. The standard InChI is InChI=1S/C11H16BrNO2/c1-11(13,7-14)6-8-3-4-9(15-2)5-10(8)12/h3-5,14H,6-7,13H2,1-2H3. The van der Waals surface area contributed by atoms with E-state index in [2.05, 4.69) is 15.9 Å². The third-order valence-corrected chi connectivity index (χ3v) is 2.95. The van der Waals surface area contributed by atoms with Crippen molar-refractivity contribution in [1.82, 2.24) is 0 Å². The highest BCUT2D eigenvalue weighted by atomic mass is 79.9. The summed E-state index contributed by atoms with van der Waals surface area (Å²) < 4.78 is 6.05. The summed E-state index contributed by atoms with van der Waals surface area (Å²) in [7, 11) is 1.63. The molecule has 0 bridgehead atoms. The Balaban J connectivity index is 2.87. The summed E-state index contributed by atoms with van der Waals surface area (Å²) in [4.78, 5) is 0. The Kier molecular flexibility index (Phi) is 4.13. The maximum Gasteiger partial charge on any atom is 0.120 e. The molecule has 4 heteroatoms. The van der Waals surface area contributed by atoms with E-state index in [0.29, 0.717) is 6.42 Å². The van der Waals surface area contributed by atoms with Crippen molar-refractivity contribution >= 4 is 15.9 Å². The van der Waals surface area contributed by atoms with Crippen LogP contribution < -0.4 is 10.5 Å². The van der Waals surface area contributed by atoms with Crippen molar-refractivity contribution in [3.05, 3.63) is 28.2 Å². The van der Waals surface area contributed by atoms with Gasteiger partial charge in [-0.25, -0.2) is 0 Å². The highest BCUT2D eigenvalue weighted by Crippen LogP contribution is 2.25. The zero-order valence-electron chi connectivity index (χ0n) is 8.96. The number of halogens is 1. The minimum absolute atomic E-state index is 0.0362. The van der Waals surface area contributed by atoms with Gasteiger partial charge in [0.1, 0.15) is 5.75 Å². The largest absolute Gasteiger partial charge is 0.497 e. The molecule has 0 aliphatic heterocycles. The molecule has 0 saturated carbocycles. The Morgan fingerprint density at radius 2 is 2.20 bits per heavy atom. The topological polar surface area (TPSA) is 55.5 Å². The first-order valence-corrected chi connectivity index (χ1v) is 5.50. The number of rotatable bonds is 4. The van der Waals surface area contributed by atoms with Crippen LogP contribution in [0.15, 0.2) is 22.7 Å². The quantitative estimate of drug-likeness (QED) is 0.878. The van der Waals surface area contributed by atoms with Crippen LogP contribution in [0, 0.1) is 0 Å². The molecule has 1 aromatic carbocycles. The second kappa shape index (κ2) is 4.96. The van der Waals surface area contributed by atoms with Gasteiger partial charge in [-0.15, -0.1) is 0 Å². The fourth-order valence-electron chi connectivity index (χ4n) is 1.29. The number of hydrogen-bond donors (Lipinski definition) is 2. The lowest BCUT2D eigenvalue weighted by Gasteiger charge is -2.22.